The van der Waals surface area contributed by atoms with Crippen molar-refractivity contribution in [2.75, 3.05) is 38.1 Å². The van der Waals surface area contributed by atoms with Gasteiger partial charge >= 0.3 is 0 Å². The summed E-state index contributed by atoms with van der Waals surface area (Å²) in [5.74, 6) is 2.76. The highest BCUT2D eigenvalue weighted by molar-refractivity contribution is 14.0. The van der Waals surface area contributed by atoms with Crippen LogP contribution in [-0.4, -0.2) is 58.6 Å². The summed E-state index contributed by atoms with van der Waals surface area (Å²) in [5.41, 5.74) is 1.11. The van der Waals surface area contributed by atoms with E-state index < -0.39 is 0 Å². The third kappa shape index (κ3) is 4.89. The molecular weight excluding hydrogens is 497 g/mol. The van der Waals surface area contributed by atoms with Gasteiger partial charge in [-0.05, 0) is 30.5 Å². The summed E-state index contributed by atoms with van der Waals surface area (Å²) in [5, 5.41) is 6.99. The Bertz CT molecular complexity index is 930. The smallest absolute Gasteiger partial charge is 0.194 e. The average molecular weight is 523 g/mol. The molecule has 0 spiro atoms. The number of halogens is 1. The van der Waals surface area contributed by atoms with Gasteiger partial charge in [0.2, 0.25) is 0 Å². The minimum absolute atomic E-state index is 0. The molecule has 1 aliphatic heterocycles. The highest BCUT2D eigenvalue weighted by Crippen LogP contribution is 2.22. The number of nitrogens with one attached hydrogen (secondary N) is 1. The number of pyridine rings is 1. The Labute approximate surface area is 192 Å². The summed E-state index contributed by atoms with van der Waals surface area (Å²) in [6.07, 6.45) is 5.56. The lowest BCUT2D eigenvalue weighted by molar-refractivity contribution is 0.373. The van der Waals surface area contributed by atoms with Crippen LogP contribution in [0.15, 0.2) is 53.2 Å². The predicted octanol–water partition coefficient (Wildman–Crippen LogP) is 3.15. The van der Waals surface area contributed by atoms with Gasteiger partial charge in [-0.2, -0.15) is 0 Å². The van der Waals surface area contributed by atoms with Crippen molar-refractivity contribution in [1.29, 1.82) is 0 Å². The fraction of sp³-hybridized carbons (Fsp3) is 0.350. The molecule has 1 N–H and O–H groups in total. The Morgan fingerprint density at radius 1 is 1.14 bits per heavy atom. The highest BCUT2D eigenvalue weighted by atomic mass is 127. The molecule has 3 aromatic heterocycles. The summed E-state index contributed by atoms with van der Waals surface area (Å²) >= 11 is 1.80. The van der Waals surface area contributed by atoms with Gasteiger partial charge in [-0.25, -0.2) is 9.97 Å². The first-order chi connectivity index (χ1) is 13.8. The summed E-state index contributed by atoms with van der Waals surface area (Å²) in [4.78, 5) is 18.1. The zero-order valence-electron chi connectivity index (χ0n) is 16.7. The maximum absolute atomic E-state index is 4.56. The number of hydrogen-bond acceptors (Lipinski definition) is 5. The van der Waals surface area contributed by atoms with Crippen molar-refractivity contribution in [2.24, 2.45) is 4.99 Å². The average Bonchev–Trinajstić information content (AvgIpc) is 3.41. The molecule has 0 radical (unpaired) electrons. The lowest BCUT2D eigenvalue weighted by atomic mass is 10.2. The normalized spacial score (nSPS) is 14.6. The Morgan fingerprint density at radius 2 is 1.97 bits per heavy atom. The zero-order valence-corrected chi connectivity index (χ0v) is 19.8. The van der Waals surface area contributed by atoms with E-state index in [0.717, 1.165) is 49.3 Å². The van der Waals surface area contributed by atoms with Crippen molar-refractivity contribution in [3.63, 3.8) is 0 Å². The van der Waals surface area contributed by atoms with E-state index in [2.05, 4.69) is 53.7 Å². The molecule has 0 atom stereocenters. The van der Waals surface area contributed by atoms with Crippen LogP contribution in [0.3, 0.4) is 0 Å². The first-order valence-corrected chi connectivity index (χ1v) is 10.3. The van der Waals surface area contributed by atoms with E-state index in [1.807, 2.05) is 37.0 Å². The van der Waals surface area contributed by atoms with Gasteiger partial charge in [0.05, 0.1) is 5.00 Å². The number of piperazine rings is 1. The van der Waals surface area contributed by atoms with Crippen LogP contribution in [0, 0.1) is 6.92 Å². The van der Waals surface area contributed by atoms with Crippen LogP contribution in [0.1, 0.15) is 11.4 Å². The number of imidazole rings is 1. The number of aryl methyl sites for hydroxylation is 1. The molecule has 1 fully saturated rings. The van der Waals surface area contributed by atoms with E-state index in [9.17, 15) is 0 Å². The Kier molecular flexibility index (Phi) is 7.48. The molecule has 0 saturated carbocycles. The molecule has 1 saturated heterocycles. The minimum Gasteiger partial charge on any atom is -0.360 e. The summed E-state index contributed by atoms with van der Waals surface area (Å²) in [6, 6.07) is 8.36. The molecule has 7 nitrogen and oxygen atoms in total. The van der Waals surface area contributed by atoms with Gasteiger partial charge in [-0.3, -0.25) is 9.56 Å². The quantitative estimate of drug-likeness (QED) is 0.324. The number of thiophene rings is 1. The molecule has 4 rings (SSSR count). The number of rotatable bonds is 4. The SMILES string of the molecule is CN=C(NCc1cccnc1-n1ccnc1C)N1CCN(c2cccs2)CC1.I. The Hall–Kier alpha value is -2.14. The fourth-order valence-corrected chi connectivity index (χ4v) is 4.27. The molecule has 29 heavy (non-hydrogen) atoms. The first-order valence-electron chi connectivity index (χ1n) is 9.44. The number of aromatic nitrogens is 3. The molecule has 0 aliphatic carbocycles. The number of guanidine groups is 1. The second-order valence-electron chi connectivity index (χ2n) is 6.66. The number of anilines is 1. The number of nitrogens with zero attached hydrogens (tertiary/aromatic N) is 6. The van der Waals surface area contributed by atoms with Crippen molar-refractivity contribution in [2.45, 2.75) is 13.5 Å². The van der Waals surface area contributed by atoms with Crippen molar-refractivity contribution in [3.8, 4) is 5.82 Å². The highest BCUT2D eigenvalue weighted by Gasteiger charge is 2.20. The van der Waals surface area contributed by atoms with Gasteiger partial charge in [0.1, 0.15) is 11.6 Å². The molecule has 0 unspecified atom stereocenters. The molecule has 3 aromatic rings. The largest absolute Gasteiger partial charge is 0.360 e. The van der Waals surface area contributed by atoms with Gasteiger partial charge in [-0.15, -0.1) is 35.3 Å². The molecule has 4 heterocycles. The second-order valence-corrected chi connectivity index (χ2v) is 7.58. The number of aliphatic imine (C=N–C) groups is 1. The lowest BCUT2D eigenvalue weighted by Crippen LogP contribution is -2.52. The molecule has 0 aromatic carbocycles. The van der Waals surface area contributed by atoms with Gasteiger partial charge < -0.3 is 15.1 Å². The maximum Gasteiger partial charge on any atom is 0.194 e. The van der Waals surface area contributed by atoms with E-state index in [1.165, 1.54) is 5.00 Å². The van der Waals surface area contributed by atoms with Crippen molar-refractivity contribution in [3.05, 3.63) is 59.6 Å². The van der Waals surface area contributed by atoms with E-state index >= 15 is 0 Å². The van der Waals surface area contributed by atoms with Crippen LogP contribution in [0.5, 0.6) is 0 Å². The van der Waals surface area contributed by atoms with E-state index in [4.69, 9.17) is 0 Å². The molecule has 9 heteroatoms. The third-order valence-corrected chi connectivity index (χ3v) is 5.90. The Balaban J connectivity index is 0.00000240. The molecule has 154 valence electrons. The summed E-state index contributed by atoms with van der Waals surface area (Å²) in [7, 11) is 1.85. The molecule has 0 amide bonds. The molecular formula is C20H26IN7S. The predicted molar refractivity (Wildman–Crippen MR) is 130 cm³/mol. The summed E-state index contributed by atoms with van der Waals surface area (Å²) < 4.78 is 2.01. The molecule has 1 aliphatic rings. The van der Waals surface area contributed by atoms with Gasteiger partial charge in [0, 0.05) is 63.9 Å². The van der Waals surface area contributed by atoms with Gasteiger partial charge in [0.15, 0.2) is 5.96 Å². The summed E-state index contributed by atoms with van der Waals surface area (Å²) in [6.45, 7) is 6.58. The monoisotopic (exact) mass is 523 g/mol. The van der Waals surface area contributed by atoms with E-state index in [-0.39, 0.29) is 24.0 Å². The van der Waals surface area contributed by atoms with E-state index in [0.29, 0.717) is 6.54 Å². The zero-order chi connectivity index (χ0) is 19.3. The van der Waals surface area contributed by atoms with Gasteiger partial charge in [0.25, 0.3) is 0 Å². The maximum atomic E-state index is 4.56. The topological polar surface area (TPSA) is 61.6 Å². The van der Waals surface area contributed by atoms with Crippen LogP contribution >= 0.6 is 35.3 Å². The second kappa shape index (κ2) is 10.1. The van der Waals surface area contributed by atoms with Crippen molar-refractivity contribution < 1.29 is 0 Å². The third-order valence-electron chi connectivity index (χ3n) is 4.97. The standard InChI is InChI=1S/C20H25N7S.HI/c1-16-22-8-9-27(16)19-17(5-3-7-23-19)15-24-20(21-2)26-12-10-25(11-13-26)18-6-4-14-28-18;/h3-9,14H,10-13,15H2,1-2H3,(H,21,24);1H. The molecule has 0 bridgehead atoms. The van der Waals surface area contributed by atoms with Crippen LogP contribution < -0.4 is 10.2 Å². The first kappa shape index (κ1) is 21.6. The minimum atomic E-state index is 0. The lowest BCUT2D eigenvalue weighted by Gasteiger charge is -2.37. The van der Waals surface area contributed by atoms with Crippen molar-refractivity contribution in [1.82, 2.24) is 24.8 Å². The fourth-order valence-electron chi connectivity index (χ4n) is 3.48. The van der Waals surface area contributed by atoms with Crippen LogP contribution in [0.2, 0.25) is 0 Å². The van der Waals surface area contributed by atoms with Crippen LogP contribution in [0.25, 0.3) is 5.82 Å². The van der Waals surface area contributed by atoms with Gasteiger partial charge in [-0.1, -0.05) is 6.07 Å². The van der Waals surface area contributed by atoms with Crippen LogP contribution in [0.4, 0.5) is 5.00 Å². The van der Waals surface area contributed by atoms with Crippen LogP contribution in [-0.2, 0) is 6.54 Å². The van der Waals surface area contributed by atoms with Crippen molar-refractivity contribution >= 4 is 46.3 Å². The van der Waals surface area contributed by atoms with E-state index in [1.54, 1.807) is 17.5 Å². The number of hydrogen-bond donors (Lipinski definition) is 1. The Morgan fingerprint density at radius 3 is 2.62 bits per heavy atom.